The highest BCUT2D eigenvalue weighted by Crippen LogP contribution is 2.38. The number of nitrogens with one attached hydrogen (secondary N) is 1. The molecule has 3 aromatic rings. The van der Waals surface area contributed by atoms with Crippen molar-refractivity contribution in [2.45, 2.75) is 57.2 Å². The number of aliphatic hydroxyl groups excluding tert-OH is 1. The van der Waals surface area contributed by atoms with E-state index in [1.807, 2.05) is 12.3 Å². The number of rotatable bonds is 3. The van der Waals surface area contributed by atoms with Crippen LogP contribution in [0.25, 0.3) is 22.1 Å². The second-order valence-corrected chi connectivity index (χ2v) is 8.32. The highest BCUT2D eigenvalue weighted by atomic mass is 16.3. The van der Waals surface area contributed by atoms with Crippen molar-refractivity contribution in [1.29, 1.82) is 5.26 Å². The molecule has 0 spiro atoms. The van der Waals surface area contributed by atoms with E-state index in [1.54, 1.807) is 13.1 Å². The Morgan fingerprint density at radius 2 is 2.04 bits per heavy atom. The SMILES string of the molecule is CC(O)c1nc2cnc3[nH]ccc3c2n1C1CCC(N2CCC(C#N)C2)CC1. The molecule has 1 aliphatic carbocycles. The van der Waals surface area contributed by atoms with Gasteiger partial charge in [-0.15, -0.1) is 0 Å². The monoisotopic (exact) mass is 378 g/mol. The summed E-state index contributed by atoms with van der Waals surface area (Å²) >= 11 is 0. The number of hydrogen-bond donors (Lipinski definition) is 2. The maximum absolute atomic E-state index is 10.4. The molecule has 0 bridgehead atoms. The molecule has 7 nitrogen and oxygen atoms in total. The molecule has 1 saturated carbocycles. The Balaban J connectivity index is 1.46. The van der Waals surface area contributed by atoms with Crippen molar-refractivity contribution in [3.63, 3.8) is 0 Å². The van der Waals surface area contributed by atoms with Crippen LogP contribution in [-0.4, -0.2) is 48.7 Å². The number of imidazole rings is 1. The average molecular weight is 378 g/mol. The normalized spacial score (nSPS) is 27.4. The minimum atomic E-state index is -0.617. The summed E-state index contributed by atoms with van der Waals surface area (Å²) < 4.78 is 2.27. The van der Waals surface area contributed by atoms with Gasteiger partial charge in [0.2, 0.25) is 0 Å². The zero-order valence-electron chi connectivity index (χ0n) is 16.2. The average Bonchev–Trinajstić information content (AvgIpc) is 3.44. The molecule has 0 amide bonds. The Morgan fingerprint density at radius 1 is 1.25 bits per heavy atom. The summed E-state index contributed by atoms with van der Waals surface area (Å²) in [5.41, 5.74) is 2.79. The van der Waals surface area contributed by atoms with Crippen LogP contribution in [0.5, 0.6) is 0 Å². The van der Waals surface area contributed by atoms with Crippen LogP contribution < -0.4 is 0 Å². The van der Waals surface area contributed by atoms with E-state index in [0.717, 1.165) is 73.1 Å². The molecule has 3 aromatic heterocycles. The Labute approximate surface area is 164 Å². The van der Waals surface area contributed by atoms with Gasteiger partial charge < -0.3 is 14.7 Å². The van der Waals surface area contributed by atoms with Gasteiger partial charge in [0, 0.05) is 30.2 Å². The van der Waals surface area contributed by atoms with E-state index in [4.69, 9.17) is 4.98 Å². The summed E-state index contributed by atoms with van der Waals surface area (Å²) in [5, 5.41) is 20.6. The van der Waals surface area contributed by atoms with E-state index in [1.165, 1.54) is 0 Å². The van der Waals surface area contributed by atoms with Gasteiger partial charge in [-0.05, 0) is 51.6 Å². The van der Waals surface area contributed by atoms with Gasteiger partial charge >= 0.3 is 0 Å². The molecular weight excluding hydrogens is 352 g/mol. The first-order chi connectivity index (χ1) is 13.7. The summed E-state index contributed by atoms with van der Waals surface area (Å²) in [4.78, 5) is 14.9. The van der Waals surface area contributed by atoms with E-state index < -0.39 is 6.10 Å². The Bertz CT molecular complexity index is 1040. The molecule has 2 N–H and O–H groups in total. The zero-order chi connectivity index (χ0) is 19.3. The minimum Gasteiger partial charge on any atom is -0.385 e. The minimum absolute atomic E-state index is 0.200. The smallest absolute Gasteiger partial charge is 0.139 e. The number of likely N-dealkylation sites (tertiary alicyclic amines) is 1. The summed E-state index contributed by atoms with van der Waals surface area (Å²) in [7, 11) is 0. The van der Waals surface area contributed by atoms with Crippen molar-refractivity contribution >= 4 is 22.1 Å². The van der Waals surface area contributed by atoms with Crippen molar-refractivity contribution in [3.05, 3.63) is 24.3 Å². The third-order valence-corrected chi connectivity index (χ3v) is 6.59. The molecule has 0 aromatic carbocycles. The second kappa shape index (κ2) is 6.87. The van der Waals surface area contributed by atoms with Gasteiger partial charge in [0.1, 0.15) is 23.1 Å². The van der Waals surface area contributed by atoms with Crippen molar-refractivity contribution in [1.82, 2.24) is 24.4 Å². The van der Waals surface area contributed by atoms with Crippen LogP contribution in [0.15, 0.2) is 18.5 Å². The van der Waals surface area contributed by atoms with E-state index in [2.05, 4.69) is 25.5 Å². The lowest BCUT2D eigenvalue weighted by atomic mass is 9.89. The molecule has 2 unspecified atom stereocenters. The second-order valence-electron chi connectivity index (χ2n) is 8.32. The molecular formula is C21H26N6O. The lowest BCUT2D eigenvalue weighted by Crippen LogP contribution is -2.37. The molecule has 28 heavy (non-hydrogen) atoms. The lowest BCUT2D eigenvalue weighted by Gasteiger charge is -2.36. The molecule has 1 aliphatic heterocycles. The first-order valence-corrected chi connectivity index (χ1v) is 10.3. The molecule has 146 valence electrons. The van der Waals surface area contributed by atoms with Crippen LogP contribution >= 0.6 is 0 Å². The van der Waals surface area contributed by atoms with Gasteiger partial charge in [0.25, 0.3) is 0 Å². The lowest BCUT2D eigenvalue weighted by molar-refractivity contribution is 0.151. The number of aromatic amines is 1. The number of aliphatic hydroxyl groups is 1. The summed E-state index contributed by atoms with van der Waals surface area (Å²) in [6.07, 6.45) is 8.49. The van der Waals surface area contributed by atoms with E-state index >= 15 is 0 Å². The fourth-order valence-electron chi connectivity index (χ4n) is 5.18. The van der Waals surface area contributed by atoms with Crippen LogP contribution in [0.2, 0.25) is 0 Å². The molecule has 2 aliphatic rings. The van der Waals surface area contributed by atoms with Gasteiger partial charge in [-0.3, -0.25) is 4.90 Å². The third-order valence-electron chi connectivity index (χ3n) is 6.59. The predicted molar refractivity (Wildman–Crippen MR) is 107 cm³/mol. The summed E-state index contributed by atoms with van der Waals surface area (Å²) in [6, 6.07) is 5.39. The number of nitriles is 1. The standard InChI is InChI=1S/C21H26N6O/c1-13(28)21-25-18-11-24-20-17(6-8-23-20)19(18)27(21)16-4-2-15(3-5-16)26-9-7-14(10-22)12-26/h6,8,11,13-16,28H,2-5,7,9,12H2,1H3,(H,23,24). The molecule has 0 radical (unpaired) electrons. The van der Waals surface area contributed by atoms with Crippen LogP contribution in [0.4, 0.5) is 0 Å². The predicted octanol–water partition coefficient (Wildman–Crippen LogP) is 3.30. The molecule has 4 heterocycles. The van der Waals surface area contributed by atoms with Crippen LogP contribution in [-0.2, 0) is 0 Å². The summed E-state index contributed by atoms with van der Waals surface area (Å²) in [5.74, 6) is 0.936. The largest absolute Gasteiger partial charge is 0.385 e. The molecule has 1 saturated heterocycles. The van der Waals surface area contributed by atoms with Crippen molar-refractivity contribution in [2.75, 3.05) is 13.1 Å². The van der Waals surface area contributed by atoms with Gasteiger partial charge in [-0.1, -0.05) is 0 Å². The number of hydrogen-bond acceptors (Lipinski definition) is 5. The van der Waals surface area contributed by atoms with Crippen LogP contribution in [0.3, 0.4) is 0 Å². The fraction of sp³-hybridized carbons (Fsp3) is 0.571. The van der Waals surface area contributed by atoms with Crippen molar-refractivity contribution in [2.24, 2.45) is 5.92 Å². The molecule has 2 fully saturated rings. The number of H-pyrrole nitrogens is 1. The number of aromatic nitrogens is 4. The third kappa shape index (κ3) is 2.79. The van der Waals surface area contributed by atoms with Gasteiger partial charge in [0.05, 0.1) is 23.7 Å². The topological polar surface area (TPSA) is 93.8 Å². The zero-order valence-corrected chi connectivity index (χ0v) is 16.2. The number of nitrogens with zero attached hydrogens (tertiary/aromatic N) is 5. The Kier molecular flexibility index (Phi) is 4.33. The molecule has 5 rings (SSSR count). The maximum Gasteiger partial charge on any atom is 0.139 e. The van der Waals surface area contributed by atoms with E-state index in [9.17, 15) is 10.4 Å². The molecule has 2 atom stereocenters. The Morgan fingerprint density at radius 3 is 2.75 bits per heavy atom. The van der Waals surface area contributed by atoms with Gasteiger partial charge in [-0.2, -0.15) is 5.26 Å². The van der Waals surface area contributed by atoms with E-state index in [0.29, 0.717) is 12.1 Å². The highest BCUT2D eigenvalue weighted by Gasteiger charge is 2.33. The fourth-order valence-corrected chi connectivity index (χ4v) is 5.18. The first kappa shape index (κ1) is 17.7. The van der Waals surface area contributed by atoms with Crippen molar-refractivity contribution < 1.29 is 5.11 Å². The van der Waals surface area contributed by atoms with Gasteiger partial charge in [0.15, 0.2) is 0 Å². The molecule has 7 heteroatoms. The number of pyridine rings is 1. The van der Waals surface area contributed by atoms with Crippen LogP contribution in [0, 0.1) is 17.2 Å². The van der Waals surface area contributed by atoms with Crippen molar-refractivity contribution in [3.8, 4) is 6.07 Å². The highest BCUT2D eigenvalue weighted by molar-refractivity contribution is 6.01. The quantitative estimate of drug-likeness (QED) is 0.729. The number of fused-ring (bicyclic) bond motifs is 3. The van der Waals surface area contributed by atoms with Crippen LogP contribution in [0.1, 0.15) is 57.0 Å². The first-order valence-electron chi connectivity index (χ1n) is 10.3. The maximum atomic E-state index is 10.4. The summed E-state index contributed by atoms with van der Waals surface area (Å²) in [6.45, 7) is 3.77. The van der Waals surface area contributed by atoms with Gasteiger partial charge in [-0.25, -0.2) is 9.97 Å². The van der Waals surface area contributed by atoms with E-state index in [-0.39, 0.29) is 5.92 Å². The Hall–Kier alpha value is -2.43.